The molecule has 0 unspecified atom stereocenters. The SMILES string of the molecule is CN=C(NCCCn1cnc2ccccc21)N(C)Cc1ccc(OC(F)F)cc1. The van der Waals surface area contributed by atoms with Gasteiger partial charge in [0.15, 0.2) is 5.96 Å². The van der Waals surface area contributed by atoms with Gasteiger partial charge in [-0.2, -0.15) is 8.78 Å². The van der Waals surface area contributed by atoms with E-state index in [1.54, 1.807) is 31.3 Å². The van der Waals surface area contributed by atoms with E-state index in [2.05, 4.69) is 30.7 Å². The van der Waals surface area contributed by atoms with E-state index in [4.69, 9.17) is 0 Å². The minimum absolute atomic E-state index is 0.154. The highest BCUT2D eigenvalue weighted by Crippen LogP contribution is 2.16. The minimum atomic E-state index is -2.81. The molecule has 0 bridgehead atoms. The number of aliphatic imine (C=N–C) groups is 1. The molecule has 1 heterocycles. The molecule has 0 radical (unpaired) electrons. The topological polar surface area (TPSA) is 54.7 Å². The van der Waals surface area contributed by atoms with Crippen LogP contribution in [0.3, 0.4) is 0 Å². The molecule has 6 nitrogen and oxygen atoms in total. The molecule has 8 heteroatoms. The maximum atomic E-state index is 12.2. The molecular formula is C21H25F2N5O. The first kappa shape index (κ1) is 20.6. The molecule has 2 aromatic carbocycles. The fourth-order valence-corrected chi connectivity index (χ4v) is 3.15. The van der Waals surface area contributed by atoms with Crippen molar-refractivity contribution in [1.82, 2.24) is 19.8 Å². The molecule has 1 aromatic heterocycles. The molecule has 154 valence electrons. The second-order valence-corrected chi connectivity index (χ2v) is 6.63. The molecule has 0 aliphatic carbocycles. The standard InChI is InChI=1S/C21H25F2N5O/c1-24-21(27(2)14-16-8-10-17(11-9-16)29-20(22)23)25-12-5-13-28-15-26-18-6-3-4-7-19(18)28/h3-4,6-11,15,20H,5,12-14H2,1-2H3,(H,24,25). The lowest BCUT2D eigenvalue weighted by Crippen LogP contribution is -2.39. The second kappa shape index (κ2) is 9.86. The summed E-state index contributed by atoms with van der Waals surface area (Å²) in [4.78, 5) is 10.7. The Labute approximate surface area is 168 Å². The fourth-order valence-electron chi connectivity index (χ4n) is 3.15. The Hall–Kier alpha value is -3.16. The Morgan fingerprint density at radius 1 is 1.21 bits per heavy atom. The summed E-state index contributed by atoms with van der Waals surface area (Å²) in [6, 6.07) is 14.7. The van der Waals surface area contributed by atoms with Crippen molar-refractivity contribution >= 4 is 17.0 Å². The van der Waals surface area contributed by atoms with Crippen molar-refractivity contribution in [2.75, 3.05) is 20.6 Å². The Bertz CT molecular complexity index is 940. The average Bonchev–Trinajstić information content (AvgIpc) is 3.12. The van der Waals surface area contributed by atoms with Crippen molar-refractivity contribution in [3.05, 3.63) is 60.4 Å². The molecule has 29 heavy (non-hydrogen) atoms. The molecule has 3 aromatic rings. The zero-order valence-corrected chi connectivity index (χ0v) is 16.6. The van der Waals surface area contributed by atoms with Gasteiger partial charge in [0.05, 0.1) is 17.4 Å². The number of halogens is 2. The Balaban J connectivity index is 1.46. The molecule has 0 saturated carbocycles. The monoisotopic (exact) mass is 401 g/mol. The number of guanidine groups is 1. The van der Waals surface area contributed by atoms with Crippen LogP contribution in [0.5, 0.6) is 5.75 Å². The summed E-state index contributed by atoms with van der Waals surface area (Å²) in [5.41, 5.74) is 3.11. The van der Waals surface area contributed by atoms with Crippen molar-refractivity contribution in [1.29, 1.82) is 0 Å². The summed E-state index contributed by atoms with van der Waals surface area (Å²) >= 11 is 0. The summed E-state index contributed by atoms with van der Waals surface area (Å²) in [7, 11) is 3.67. The van der Waals surface area contributed by atoms with Crippen LogP contribution in [-0.4, -0.2) is 47.7 Å². The maximum Gasteiger partial charge on any atom is 0.387 e. The normalized spacial score (nSPS) is 11.8. The van der Waals surface area contributed by atoms with Crippen LogP contribution < -0.4 is 10.1 Å². The molecule has 0 aliphatic rings. The van der Waals surface area contributed by atoms with Gasteiger partial charge >= 0.3 is 6.61 Å². The van der Waals surface area contributed by atoms with Gasteiger partial charge in [0.1, 0.15) is 5.75 Å². The number of ether oxygens (including phenoxy) is 1. The van der Waals surface area contributed by atoms with Crippen LogP contribution in [0, 0.1) is 0 Å². The predicted octanol–water partition coefficient (Wildman–Crippen LogP) is 3.74. The van der Waals surface area contributed by atoms with Crippen molar-refractivity contribution in [2.45, 2.75) is 26.1 Å². The van der Waals surface area contributed by atoms with E-state index >= 15 is 0 Å². The number of para-hydroxylation sites is 2. The summed E-state index contributed by atoms with van der Waals surface area (Å²) in [6.07, 6.45) is 2.79. The van der Waals surface area contributed by atoms with Gasteiger partial charge in [-0.05, 0) is 36.2 Å². The first-order valence-electron chi connectivity index (χ1n) is 9.42. The van der Waals surface area contributed by atoms with E-state index in [1.807, 2.05) is 36.5 Å². The summed E-state index contributed by atoms with van der Waals surface area (Å²) in [5.74, 6) is 0.925. The predicted molar refractivity (Wildman–Crippen MR) is 110 cm³/mol. The highest BCUT2D eigenvalue weighted by molar-refractivity contribution is 5.79. The lowest BCUT2D eigenvalue weighted by atomic mass is 10.2. The minimum Gasteiger partial charge on any atom is -0.435 e. The molecular weight excluding hydrogens is 376 g/mol. The van der Waals surface area contributed by atoms with Gasteiger partial charge in [-0.25, -0.2) is 4.98 Å². The number of alkyl halides is 2. The number of rotatable bonds is 8. The molecule has 1 N–H and O–H groups in total. The Morgan fingerprint density at radius 3 is 2.69 bits per heavy atom. The van der Waals surface area contributed by atoms with E-state index in [-0.39, 0.29) is 5.75 Å². The number of hydrogen-bond acceptors (Lipinski definition) is 3. The number of imidazole rings is 1. The van der Waals surface area contributed by atoms with Gasteiger partial charge < -0.3 is 19.5 Å². The third kappa shape index (κ3) is 5.66. The summed E-state index contributed by atoms with van der Waals surface area (Å²) in [5, 5.41) is 3.36. The maximum absolute atomic E-state index is 12.2. The summed E-state index contributed by atoms with van der Waals surface area (Å²) < 4.78 is 31.0. The number of fused-ring (bicyclic) bond motifs is 1. The molecule has 0 fully saturated rings. The average molecular weight is 401 g/mol. The number of aryl methyl sites for hydroxylation is 1. The zero-order valence-electron chi connectivity index (χ0n) is 16.6. The molecule has 0 atom stereocenters. The van der Waals surface area contributed by atoms with Crippen LogP contribution in [0.2, 0.25) is 0 Å². The Kier molecular flexibility index (Phi) is 6.99. The van der Waals surface area contributed by atoms with Crippen molar-refractivity contribution in [3.8, 4) is 5.75 Å². The van der Waals surface area contributed by atoms with Crippen LogP contribution in [0.25, 0.3) is 11.0 Å². The molecule has 0 spiro atoms. The number of nitrogens with zero attached hydrogens (tertiary/aromatic N) is 4. The smallest absolute Gasteiger partial charge is 0.387 e. The van der Waals surface area contributed by atoms with Crippen molar-refractivity contribution < 1.29 is 13.5 Å². The first-order chi connectivity index (χ1) is 14.1. The van der Waals surface area contributed by atoms with Gasteiger partial charge in [0.25, 0.3) is 0 Å². The van der Waals surface area contributed by atoms with Crippen LogP contribution in [0.4, 0.5) is 8.78 Å². The fraction of sp³-hybridized carbons (Fsp3) is 0.333. The first-order valence-corrected chi connectivity index (χ1v) is 9.42. The lowest BCUT2D eigenvalue weighted by Gasteiger charge is -2.22. The van der Waals surface area contributed by atoms with Crippen LogP contribution >= 0.6 is 0 Å². The number of nitrogens with one attached hydrogen (secondary N) is 1. The second-order valence-electron chi connectivity index (χ2n) is 6.63. The van der Waals surface area contributed by atoms with Gasteiger partial charge in [-0.1, -0.05) is 24.3 Å². The number of benzene rings is 2. The molecule has 0 aliphatic heterocycles. The van der Waals surface area contributed by atoms with Gasteiger partial charge in [-0.15, -0.1) is 0 Å². The van der Waals surface area contributed by atoms with Crippen LogP contribution in [0.1, 0.15) is 12.0 Å². The van der Waals surface area contributed by atoms with Gasteiger partial charge in [0, 0.05) is 33.7 Å². The van der Waals surface area contributed by atoms with Crippen LogP contribution in [0.15, 0.2) is 59.9 Å². The van der Waals surface area contributed by atoms with Crippen molar-refractivity contribution in [2.24, 2.45) is 4.99 Å². The molecule has 0 amide bonds. The highest BCUT2D eigenvalue weighted by Gasteiger charge is 2.08. The van der Waals surface area contributed by atoms with E-state index in [0.717, 1.165) is 42.1 Å². The third-order valence-electron chi connectivity index (χ3n) is 4.53. The Morgan fingerprint density at radius 2 is 1.97 bits per heavy atom. The number of hydrogen-bond donors (Lipinski definition) is 1. The van der Waals surface area contributed by atoms with Crippen LogP contribution in [-0.2, 0) is 13.1 Å². The van der Waals surface area contributed by atoms with E-state index in [9.17, 15) is 8.78 Å². The zero-order chi connectivity index (χ0) is 20.6. The molecule has 0 saturated heterocycles. The third-order valence-corrected chi connectivity index (χ3v) is 4.53. The van der Waals surface area contributed by atoms with E-state index in [1.165, 1.54) is 0 Å². The van der Waals surface area contributed by atoms with E-state index in [0.29, 0.717) is 6.54 Å². The lowest BCUT2D eigenvalue weighted by molar-refractivity contribution is -0.0498. The summed E-state index contributed by atoms with van der Waals surface area (Å²) in [6.45, 7) is -0.586. The number of aromatic nitrogens is 2. The highest BCUT2D eigenvalue weighted by atomic mass is 19.3. The largest absolute Gasteiger partial charge is 0.435 e. The van der Waals surface area contributed by atoms with E-state index < -0.39 is 6.61 Å². The van der Waals surface area contributed by atoms with Gasteiger partial charge in [-0.3, -0.25) is 4.99 Å². The van der Waals surface area contributed by atoms with Crippen molar-refractivity contribution in [3.63, 3.8) is 0 Å². The quantitative estimate of drug-likeness (QED) is 0.355. The van der Waals surface area contributed by atoms with Gasteiger partial charge in [0.2, 0.25) is 0 Å². The molecule has 3 rings (SSSR count).